The van der Waals surface area contributed by atoms with E-state index in [1.54, 1.807) is 0 Å². The molecule has 0 radical (unpaired) electrons. The van der Waals surface area contributed by atoms with Crippen LogP contribution in [0, 0.1) is 0 Å². The molecule has 0 atom stereocenters. The van der Waals surface area contributed by atoms with Gasteiger partial charge in [-0.3, -0.25) is 4.98 Å². The summed E-state index contributed by atoms with van der Waals surface area (Å²) in [6, 6.07) is 2.35. The molecule has 0 bridgehead atoms. The maximum atomic E-state index is 12.7. The summed E-state index contributed by atoms with van der Waals surface area (Å²) >= 11 is 0. The number of aromatic nitrogens is 1. The zero-order valence-electron chi connectivity index (χ0n) is 9.68. The van der Waals surface area contributed by atoms with Crippen LogP contribution < -0.4 is 4.74 Å². The van der Waals surface area contributed by atoms with Crippen LogP contribution in [0.1, 0.15) is 26.5 Å². The molecule has 0 saturated heterocycles. The van der Waals surface area contributed by atoms with Crippen molar-refractivity contribution in [2.45, 2.75) is 38.7 Å². The molecule has 0 saturated carbocycles. The van der Waals surface area contributed by atoms with E-state index in [4.69, 9.17) is 0 Å². The van der Waals surface area contributed by atoms with Gasteiger partial charge in [-0.15, -0.1) is 0 Å². The van der Waals surface area contributed by atoms with Gasteiger partial charge in [0.1, 0.15) is 5.75 Å². The molecule has 0 spiro atoms. The summed E-state index contributed by atoms with van der Waals surface area (Å²) in [5.74, 6) is -0.324. The summed E-state index contributed by atoms with van der Waals surface area (Å²) < 4.78 is 53.2. The predicted molar refractivity (Wildman–Crippen MR) is 54.5 cm³/mol. The first-order valence-electron chi connectivity index (χ1n) is 4.94. The molecule has 0 unspecified atom stereocenters. The number of nitrogens with zero attached hydrogens (tertiary/aromatic N) is 1. The van der Waals surface area contributed by atoms with Crippen molar-refractivity contribution in [3.8, 4) is 5.75 Å². The largest absolute Gasteiger partial charge is 0.461 e. The van der Waals surface area contributed by atoms with Crippen molar-refractivity contribution in [2.75, 3.05) is 0 Å². The number of alkyl halides is 4. The van der Waals surface area contributed by atoms with E-state index < -0.39 is 12.5 Å². The minimum atomic E-state index is -4.49. The molecular weight excluding hydrogens is 238 g/mol. The van der Waals surface area contributed by atoms with Gasteiger partial charge in [-0.2, -0.15) is 17.6 Å². The summed E-state index contributed by atoms with van der Waals surface area (Å²) in [6.45, 7) is 5.47. The Morgan fingerprint density at radius 1 is 1.24 bits per heavy atom. The Balaban J connectivity index is 2.94. The van der Waals surface area contributed by atoms with Crippen LogP contribution in [0.15, 0.2) is 18.3 Å². The number of hydrogen-bond donors (Lipinski definition) is 0. The van der Waals surface area contributed by atoms with E-state index in [-0.39, 0.29) is 11.2 Å². The van der Waals surface area contributed by atoms with E-state index in [1.165, 1.54) is 12.3 Å². The van der Waals surface area contributed by atoms with Crippen molar-refractivity contribution in [2.24, 2.45) is 0 Å². The standard InChI is InChI=1S/C11H13F4NO/c1-10(2,3)8-6-7(4-5-16-8)17-11(14,15)9(12)13/h4-6,9H,1-3H3. The maximum Gasteiger partial charge on any atom is 0.461 e. The monoisotopic (exact) mass is 251 g/mol. The van der Waals surface area contributed by atoms with Gasteiger partial charge in [-0.25, -0.2) is 0 Å². The highest BCUT2D eigenvalue weighted by Gasteiger charge is 2.44. The smallest absolute Gasteiger partial charge is 0.428 e. The van der Waals surface area contributed by atoms with E-state index in [2.05, 4.69) is 9.72 Å². The van der Waals surface area contributed by atoms with E-state index in [9.17, 15) is 17.6 Å². The van der Waals surface area contributed by atoms with E-state index in [0.717, 1.165) is 6.07 Å². The molecule has 0 N–H and O–H groups in total. The third kappa shape index (κ3) is 3.57. The first-order chi connectivity index (χ1) is 7.63. The summed E-state index contributed by atoms with van der Waals surface area (Å²) in [7, 11) is 0. The molecule has 1 aromatic rings. The Hall–Kier alpha value is -1.33. The lowest BCUT2D eigenvalue weighted by molar-refractivity contribution is -0.253. The third-order valence-electron chi connectivity index (χ3n) is 2.01. The van der Waals surface area contributed by atoms with Crippen LogP contribution in [-0.4, -0.2) is 17.5 Å². The first-order valence-corrected chi connectivity index (χ1v) is 4.94. The van der Waals surface area contributed by atoms with Crippen LogP contribution in [0.4, 0.5) is 17.6 Å². The highest BCUT2D eigenvalue weighted by Crippen LogP contribution is 2.29. The van der Waals surface area contributed by atoms with Crippen molar-refractivity contribution in [1.29, 1.82) is 0 Å². The molecule has 0 fully saturated rings. The first kappa shape index (κ1) is 13.7. The molecule has 17 heavy (non-hydrogen) atoms. The zero-order valence-corrected chi connectivity index (χ0v) is 9.68. The summed E-state index contributed by atoms with van der Waals surface area (Å²) in [4.78, 5) is 3.97. The maximum absolute atomic E-state index is 12.7. The van der Waals surface area contributed by atoms with Crippen molar-refractivity contribution in [3.05, 3.63) is 24.0 Å². The lowest BCUT2D eigenvalue weighted by Crippen LogP contribution is -2.33. The minimum absolute atomic E-state index is 0.324. The SMILES string of the molecule is CC(C)(C)c1cc(OC(F)(F)C(F)F)ccn1. The fourth-order valence-corrected chi connectivity index (χ4v) is 1.09. The second-order valence-electron chi connectivity index (χ2n) is 4.59. The van der Waals surface area contributed by atoms with Crippen molar-refractivity contribution in [1.82, 2.24) is 4.98 Å². The fraction of sp³-hybridized carbons (Fsp3) is 0.545. The summed E-state index contributed by atoms with van der Waals surface area (Å²) in [6.07, 6.45) is -7.11. The molecule has 0 aromatic carbocycles. The number of ether oxygens (including phenoxy) is 1. The van der Waals surface area contributed by atoms with Crippen LogP contribution in [0.5, 0.6) is 5.75 Å². The van der Waals surface area contributed by atoms with Gasteiger partial charge in [0.15, 0.2) is 0 Å². The Labute approximate surface area is 96.6 Å². The lowest BCUT2D eigenvalue weighted by Gasteiger charge is -2.20. The molecule has 1 rings (SSSR count). The highest BCUT2D eigenvalue weighted by molar-refractivity contribution is 5.26. The molecule has 1 heterocycles. The molecule has 0 aliphatic rings. The number of rotatable bonds is 3. The molecule has 1 aromatic heterocycles. The van der Waals surface area contributed by atoms with Gasteiger partial charge in [-0.05, 0) is 6.07 Å². The molecule has 6 heteroatoms. The lowest BCUT2D eigenvalue weighted by atomic mass is 9.92. The molecular formula is C11H13F4NO. The topological polar surface area (TPSA) is 22.1 Å². The van der Waals surface area contributed by atoms with Gasteiger partial charge in [0, 0.05) is 23.4 Å². The average Bonchev–Trinajstić information content (AvgIpc) is 2.15. The normalized spacial score (nSPS) is 12.9. The molecule has 2 nitrogen and oxygen atoms in total. The second kappa shape index (κ2) is 4.50. The van der Waals surface area contributed by atoms with Gasteiger partial charge in [0.25, 0.3) is 0 Å². The Morgan fingerprint density at radius 2 is 1.82 bits per heavy atom. The molecule has 0 aliphatic carbocycles. The second-order valence-corrected chi connectivity index (χ2v) is 4.59. The Kier molecular flexibility index (Phi) is 3.64. The van der Waals surface area contributed by atoms with Crippen LogP contribution in [0.2, 0.25) is 0 Å². The van der Waals surface area contributed by atoms with Crippen molar-refractivity contribution < 1.29 is 22.3 Å². The molecule has 96 valence electrons. The van der Waals surface area contributed by atoms with Crippen LogP contribution >= 0.6 is 0 Å². The fourth-order valence-electron chi connectivity index (χ4n) is 1.09. The summed E-state index contributed by atoms with van der Waals surface area (Å²) in [5, 5.41) is 0. The van der Waals surface area contributed by atoms with Crippen LogP contribution in [0.25, 0.3) is 0 Å². The van der Waals surface area contributed by atoms with Gasteiger partial charge in [-0.1, -0.05) is 20.8 Å². The quantitative estimate of drug-likeness (QED) is 0.765. The molecule has 0 aliphatic heterocycles. The van der Waals surface area contributed by atoms with E-state index in [1.807, 2.05) is 20.8 Å². The van der Waals surface area contributed by atoms with Crippen LogP contribution in [0.3, 0.4) is 0 Å². The zero-order chi connectivity index (χ0) is 13.3. The van der Waals surface area contributed by atoms with Gasteiger partial charge >= 0.3 is 12.5 Å². The van der Waals surface area contributed by atoms with E-state index in [0.29, 0.717) is 5.69 Å². The number of pyridine rings is 1. The Bertz CT molecular complexity index is 387. The van der Waals surface area contributed by atoms with Crippen molar-refractivity contribution in [3.63, 3.8) is 0 Å². The van der Waals surface area contributed by atoms with Gasteiger partial charge in [0.2, 0.25) is 0 Å². The number of hydrogen-bond acceptors (Lipinski definition) is 2. The predicted octanol–water partition coefficient (Wildman–Crippen LogP) is 3.62. The highest BCUT2D eigenvalue weighted by atomic mass is 19.3. The third-order valence-corrected chi connectivity index (χ3v) is 2.01. The van der Waals surface area contributed by atoms with Crippen molar-refractivity contribution >= 4 is 0 Å². The van der Waals surface area contributed by atoms with Gasteiger partial charge < -0.3 is 4.74 Å². The Morgan fingerprint density at radius 3 is 2.29 bits per heavy atom. The average molecular weight is 251 g/mol. The van der Waals surface area contributed by atoms with Gasteiger partial charge in [0.05, 0.1) is 0 Å². The number of halogens is 4. The summed E-state index contributed by atoms with van der Waals surface area (Å²) in [5.41, 5.74) is 0.111. The van der Waals surface area contributed by atoms with Crippen LogP contribution in [-0.2, 0) is 5.41 Å². The molecule has 0 amide bonds. The minimum Gasteiger partial charge on any atom is -0.428 e. The van der Waals surface area contributed by atoms with E-state index >= 15 is 0 Å².